The number of hydrogen-bond acceptors (Lipinski definition) is 2. The first-order valence-electron chi connectivity index (χ1n) is 7.67. The number of benzene rings is 1. The van der Waals surface area contributed by atoms with Gasteiger partial charge >= 0.3 is 5.97 Å². The Labute approximate surface area is 122 Å². The molecule has 112 valence electrons. The van der Waals surface area contributed by atoms with Gasteiger partial charge < -0.3 is 10.0 Å². The Bertz CT molecular complexity index is 404. The minimum absolute atomic E-state index is 0.197. The lowest BCUT2D eigenvalue weighted by molar-refractivity contribution is -0.136. The summed E-state index contributed by atoms with van der Waals surface area (Å²) >= 11 is 0. The molecule has 0 saturated heterocycles. The largest absolute Gasteiger partial charge is 0.481 e. The van der Waals surface area contributed by atoms with Crippen molar-refractivity contribution in [3.05, 3.63) is 29.8 Å². The van der Waals surface area contributed by atoms with E-state index in [4.69, 9.17) is 5.11 Å². The molecule has 0 amide bonds. The quantitative estimate of drug-likeness (QED) is 0.650. The average molecular weight is 277 g/mol. The molecule has 20 heavy (non-hydrogen) atoms. The lowest BCUT2D eigenvalue weighted by Crippen LogP contribution is -2.27. The second-order valence-electron chi connectivity index (χ2n) is 5.38. The molecule has 1 N–H and O–H groups in total. The first-order chi connectivity index (χ1) is 9.63. The Morgan fingerprint density at radius 3 is 2.55 bits per heavy atom. The zero-order valence-corrected chi connectivity index (χ0v) is 12.8. The predicted molar refractivity (Wildman–Crippen MR) is 84.4 cm³/mol. The van der Waals surface area contributed by atoms with Gasteiger partial charge in [-0.05, 0) is 31.0 Å². The molecule has 0 heterocycles. The summed E-state index contributed by atoms with van der Waals surface area (Å²) in [7, 11) is 0. The number of aliphatic carboxylic acids is 1. The highest BCUT2D eigenvalue weighted by molar-refractivity contribution is 5.67. The van der Waals surface area contributed by atoms with Crippen molar-refractivity contribution in [1.82, 2.24) is 0 Å². The van der Waals surface area contributed by atoms with Crippen molar-refractivity contribution in [2.75, 3.05) is 18.0 Å². The Balaban J connectivity index is 2.53. The van der Waals surface area contributed by atoms with Gasteiger partial charge in [0.2, 0.25) is 0 Å². The number of hydrogen-bond donors (Lipinski definition) is 1. The van der Waals surface area contributed by atoms with E-state index in [-0.39, 0.29) is 6.42 Å². The van der Waals surface area contributed by atoms with Crippen LogP contribution in [0.2, 0.25) is 0 Å². The first kappa shape index (κ1) is 16.5. The molecule has 3 heteroatoms. The molecule has 0 bridgehead atoms. The Morgan fingerprint density at radius 2 is 1.90 bits per heavy atom. The fraction of sp³-hybridized carbons (Fsp3) is 0.588. The van der Waals surface area contributed by atoms with Gasteiger partial charge in [0.25, 0.3) is 0 Å². The van der Waals surface area contributed by atoms with Crippen LogP contribution in [0, 0.1) is 6.92 Å². The van der Waals surface area contributed by atoms with E-state index in [0.717, 1.165) is 18.7 Å². The maximum Gasteiger partial charge on any atom is 0.305 e. The smallest absolute Gasteiger partial charge is 0.305 e. The summed E-state index contributed by atoms with van der Waals surface area (Å²) in [6.45, 7) is 5.82. The van der Waals surface area contributed by atoms with E-state index in [1.54, 1.807) is 0 Å². The average Bonchev–Trinajstić information content (AvgIpc) is 2.41. The fourth-order valence-electron chi connectivity index (χ4n) is 2.33. The maximum absolute atomic E-state index is 10.8. The van der Waals surface area contributed by atoms with Crippen LogP contribution < -0.4 is 4.90 Å². The number of nitrogens with zero attached hydrogens (tertiary/aromatic N) is 1. The summed E-state index contributed by atoms with van der Waals surface area (Å²) in [5.41, 5.74) is 2.36. The minimum atomic E-state index is -0.728. The van der Waals surface area contributed by atoms with Crippen LogP contribution >= 0.6 is 0 Å². The van der Waals surface area contributed by atoms with Gasteiger partial charge in [0.15, 0.2) is 0 Å². The standard InChI is InChI=1S/C17H27NO2/c1-3-4-5-6-7-12-18(13-11-17(19)20)16-10-8-9-15(2)14-16/h8-10,14H,3-7,11-13H2,1-2H3,(H,19,20). The van der Waals surface area contributed by atoms with Gasteiger partial charge in [-0.3, -0.25) is 4.79 Å². The highest BCUT2D eigenvalue weighted by atomic mass is 16.4. The summed E-state index contributed by atoms with van der Waals surface area (Å²) in [5, 5.41) is 8.88. The van der Waals surface area contributed by atoms with E-state index in [1.807, 2.05) is 6.07 Å². The van der Waals surface area contributed by atoms with Gasteiger partial charge in [0.1, 0.15) is 0 Å². The summed E-state index contributed by atoms with van der Waals surface area (Å²) in [6, 6.07) is 8.31. The van der Waals surface area contributed by atoms with Crippen LogP contribution in [-0.4, -0.2) is 24.2 Å². The molecule has 0 atom stereocenters. The van der Waals surface area contributed by atoms with E-state index in [1.165, 1.54) is 31.2 Å². The molecule has 0 aromatic heterocycles. The molecule has 1 rings (SSSR count). The van der Waals surface area contributed by atoms with Gasteiger partial charge in [-0.15, -0.1) is 0 Å². The Hall–Kier alpha value is -1.51. The number of rotatable bonds is 10. The maximum atomic E-state index is 10.8. The van der Waals surface area contributed by atoms with Gasteiger partial charge in [-0.25, -0.2) is 0 Å². The van der Waals surface area contributed by atoms with Crippen molar-refractivity contribution in [1.29, 1.82) is 0 Å². The molecule has 0 radical (unpaired) electrons. The number of aryl methyl sites for hydroxylation is 1. The van der Waals surface area contributed by atoms with Crippen LogP contribution in [0.25, 0.3) is 0 Å². The van der Waals surface area contributed by atoms with E-state index in [9.17, 15) is 4.79 Å². The molecule has 0 saturated carbocycles. The molecule has 0 aliphatic heterocycles. The first-order valence-corrected chi connectivity index (χ1v) is 7.67. The van der Waals surface area contributed by atoms with Gasteiger partial charge in [0, 0.05) is 18.8 Å². The van der Waals surface area contributed by atoms with Crippen molar-refractivity contribution >= 4 is 11.7 Å². The van der Waals surface area contributed by atoms with Crippen molar-refractivity contribution in [3.8, 4) is 0 Å². The number of anilines is 1. The van der Waals surface area contributed by atoms with Crippen molar-refractivity contribution in [2.45, 2.75) is 52.4 Å². The lowest BCUT2D eigenvalue weighted by atomic mass is 10.1. The summed E-state index contributed by atoms with van der Waals surface area (Å²) in [5.74, 6) is -0.728. The van der Waals surface area contributed by atoms with Crippen LogP contribution in [0.1, 0.15) is 51.0 Å². The molecule has 3 nitrogen and oxygen atoms in total. The van der Waals surface area contributed by atoms with Gasteiger partial charge in [-0.2, -0.15) is 0 Å². The lowest BCUT2D eigenvalue weighted by Gasteiger charge is -2.24. The molecule has 0 aliphatic carbocycles. The Morgan fingerprint density at radius 1 is 1.15 bits per heavy atom. The molecule has 1 aromatic carbocycles. The van der Waals surface area contributed by atoms with Crippen molar-refractivity contribution in [2.24, 2.45) is 0 Å². The molecule has 1 aromatic rings. The van der Waals surface area contributed by atoms with E-state index in [0.29, 0.717) is 6.54 Å². The number of carboxylic acids is 1. The zero-order chi connectivity index (χ0) is 14.8. The molecule has 0 fully saturated rings. The molecular weight excluding hydrogens is 250 g/mol. The van der Waals surface area contributed by atoms with Crippen LogP contribution in [-0.2, 0) is 4.79 Å². The van der Waals surface area contributed by atoms with Crippen LogP contribution in [0.3, 0.4) is 0 Å². The summed E-state index contributed by atoms with van der Waals surface area (Å²) in [4.78, 5) is 13.0. The van der Waals surface area contributed by atoms with Crippen LogP contribution in [0.15, 0.2) is 24.3 Å². The third-order valence-electron chi connectivity index (χ3n) is 3.49. The number of unbranched alkanes of at least 4 members (excludes halogenated alkanes) is 4. The third kappa shape index (κ3) is 6.60. The number of carbonyl (C=O) groups is 1. The predicted octanol–water partition coefficient (Wildman–Crippen LogP) is 4.25. The second kappa shape index (κ2) is 9.40. The van der Waals surface area contributed by atoms with Crippen molar-refractivity contribution in [3.63, 3.8) is 0 Å². The SMILES string of the molecule is CCCCCCCN(CCC(=O)O)c1cccc(C)c1. The third-order valence-corrected chi connectivity index (χ3v) is 3.49. The minimum Gasteiger partial charge on any atom is -0.481 e. The summed E-state index contributed by atoms with van der Waals surface area (Å²) in [6.07, 6.45) is 6.37. The second-order valence-corrected chi connectivity index (χ2v) is 5.38. The normalized spacial score (nSPS) is 10.5. The topological polar surface area (TPSA) is 40.5 Å². The highest BCUT2D eigenvalue weighted by Gasteiger charge is 2.08. The van der Waals surface area contributed by atoms with Crippen LogP contribution in [0.4, 0.5) is 5.69 Å². The van der Waals surface area contributed by atoms with E-state index < -0.39 is 5.97 Å². The molecule has 0 unspecified atom stereocenters. The zero-order valence-electron chi connectivity index (χ0n) is 12.8. The molecule has 0 spiro atoms. The molecule has 0 aliphatic rings. The fourth-order valence-corrected chi connectivity index (χ4v) is 2.33. The van der Waals surface area contributed by atoms with Gasteiger partial charge in [0.05, 0.1) is 6.42 Å². The monoisotopic (exact) mass is 277 g/mol. The number of carboxylic acid groups (broad SMARTS) is 1. The van der Waals surface area contributed by atoms with Gasteiger partial charge in [-0.1, -0.05) is 44.7 Å². The van der Waals surface area contributed by atoms with Crippen LogP contribution in [0.5, 0.6) is 0 Å². The Kier molecular flexibility index (Phi) is 7.78. The van der Waals surface area contributed by atoms with Crippen molar-refractivity contribution < 1.29 is 9.90 Å². The molecular formula is C17H27NO2. The highest BCUT2D eigenvalue weighted by Crippen LogP contribution is 2.17. The van der Waals surface area contributed by atoms with E-state index in [2.05, 4.69) is 36.9 Å². The summed E-state index contributed by atoms with van der Waals surface area (Å²) < 4.78 is 0. The van der Waals surface area contributed by atoms with E-state index >= 15 is 0 Å².